The van der Waals surface area contributed by atoms with Crippen LogP contribution in [0.4, 0.5) is 0 Å². The third kappa shape index (κ3) is 6.01. The molecular formula is C30H39N3O8. The summed E-state index contributed by atoms with van der Waals surface area (Å²) in [5.41, 5.74) is 7.55. The predicted molar refractivity (Wildman–Crippen MR) is 150 cm³/mol. The molecule has 222 valence electrons. The number of aliphatic carboxylic acids is 1. The van der Waals surface area contributed by atoms with E-state index in [-0.39, 0.29) is 26.0 Å². The second-order valence-electron chi connectivity index (χ2n) is 10.6. The molecule has 1 amide bonds. The van der Waals surface area contributed by atoms with Gasteiger partial charge >= 0.3 is 5.97 Å². The predicted octanol–water partition coefficient (Wildman–Crippen LogP) is 2.84. The summed E-state index contributed by atoms with van der Waals surface area (Å²) in [7, 11) is 1.55. The zero-order valence-corrected chi connectivity index (χ0v) is 23.7. The van der Waals surface area contributed by atoms with Crippen molar-refractivity contribution in [3.63, 3.8) is 0 Å². The third-order valence-electron chi connectivity index (χ3n) is 8.20. The quantitative estimate of drug-likeness (QED) is 0.371. The Bertz CT molecular complexity index is 1250. The molecule has 0 unspecified atom stereocenters. The number of aryl methyl sites for hydroxylation is 1. The van der Waals surface area contributed by atoms with Crippen LogP contribution >= 0.6 is 0 Å². The van der Waals surface area contributed by atoms with E-state index in [0.29, 0.717) is 67.8 Å². The molecule has 0 bridgehead atoms. The first-order chi connectivity index (χ1) is 19.9. The van der Waals surface area contributed by atoms with Crippen molar-refractivity contribution < 1.29 is 38.4 Å². The summed E-state index contributed by atoms with van der Waals surface area (Å²) in [5.74, 6) is 0.817. The van der Waals surface area contributed by atoms with Gasteiger partial charge in [-0.3, -0.25) is 14.5 Å². The number of rotatable bonds is 13. The molecule has 11 heteroatoms. The van der Waals surface area contributed by atoms with Gasteiger partial charge in [-0.15, -0.1) is 0 Å². The van der Waals surface area contributed by atoms with Crippen molar-refractivity contribution in [2.24, 2.45) is 11.7 Å². The summed E-state index contributed by atoms with van der Waals surface area (Å²) in [4.78, 5) is 30.3. The topological polar surface area (TPSA) is 133 Å². The Labute approximate surface area is 240 Å². The Kier molecular flexibility index (Phi) is 9.04. The van der Waals surface area contributed by atoms with E-state index in [4.69, 9.17) is 29.4 Å². The van der Waals surface area contributed by atoms with Crippen LogP contribution in [0.25, 0.3) is 0 Å². The molecule has 3 aliphatic rings. The van der Waals surface area contributed by atoms with Crippen molar-refractivity contribution in [2.45, 2.75) is 44.6 Å². The summed E-state index contributed by atoms with van der Waals surface area (Å²) < 4.78 is 28.0. The fourth-order valence-corrected chi connectivity index (χ4v) is 6.18. The van der Waals surface area contributed by atoms with Gasteiger partial charge in [0.15, 0.2) is 23.0 Å². The lowest BCUT2D eigenvalue weighted by Crippen LogP contribution is -2.45. The molecule has 0 aromatic heterocycles. The van der Waals surface area contributed by atoms with E-state index < -0.39 is 23.8 Å². The Morgan fingerprint density at radius 1 is 1.10 bits per heavy atom. The number of amides is 1. The number of carboxylic acid groups (broad SMARTS) is 1. The van der Waals surface area contributed by atoms with Crippen molar-refractivity contribution in [2.75, 3.05) is 53.4 Å². The Morgan fingerprint density at radius 3 is 2.61 bits per heavy atom. The molecule has 1 saturated heterocycles. The second-order valence-corrected chi connectivity index (χ2v) is 10.6. The fourth-order valence-electron chi connectivity index (χ4n) is 6.18. The highest BCUT2D eigenvalue weighted by atomic mass is 16.7. The number of carbonyl (C=O) groups is 2. The van der Waals surface area contributed by atoms with Crippen molar-refractivity contribution >= 4 is 11.9 Å². The van der Waals surface area contributed by atoms with Crippen molar-refractivity contribution in [3.8, 4) is 28.7 Å². The van der Waals surface area contributed by atoms with E-state index in [1.165, 1.54) is 0 Å². The Hall–Kier alpha value is -3.70. The lowest BCUT2D eigenvalue weighted by atomic mass is 9.83. The maximum atomic E-state index is 13.5. The van der Waals surface area contributed by atoms with Crippen LogP contribution in [0.2, 0.25) is 0 Å². The first-order valence-electron chi connectivity index (χ1n) is 14.2. The number of benzene rings is 2. The van der Waals surface area contributed by atoms with E-state index in [0.717, 1.165) is 24.0 Å². The van der Waals surface area contributed by atoms with Crippen LogP contribution in [-0.2, 0) is 16.0 Å². The number of hydrogen-bond donors (Lipinski definition) is 2. The van der Waals surface area contributed by atoms with Crippen molar-refractivity contribution in [1.29, 1.82) is 0 Å². The lowest BCUT2D eigenvalue weighted by molar-refractivity contribution is -0.143. The molecule has 5 rings (SSSR count). The summed E-state index contributed by atoms with van der Waals surface area (Å²) in [6.45, 7) is 4.30. The molecule has 3 atom stereocenters. The summed E-state index contributed by atoms with van der Waals surface area (Å²) >= 11 is 0. The van der Waals surface area contributed by atoms with E-state index >= 15 is 0 Å². The molecule has 0 spiro atoms. The van der Waals surface area contributed by atoms with Gasteiger partial charge in [0.1, 0.15) is 0 Å². The molecule has 2 aromatic carbocycles. The van der Waals surface area contributed by atoms with E-state index in [2.05, 4.69) is 6.92 Å². The molecule has 11 nitrogen and oxygen atoms in total. The van der Waals surface area contributed by atoms with Crippen LogP contribution in [0.5, 0.6) is 28.7 Å². The summed E-state index contributed by atoms with van der Waals surface area (Å²) in [6.07, 6.45) is 2.94. The second kappa shape index (κ2) is 12.9. The minimum Gasteiger partial charge on any atom is -0.493 e. The van der Waals surface area contributed by atoms with Crippen LogP contribution in [0.15, 0.2) is 30.3 Å². The minimum absolute atomic E-state index is 0.0423. The number of carbonyl (C=O) groups excluding carboxylic acids is 1. The van der Waals surface area contributed by atoms with Crippen molar-refractivity contribution in [3.05, 3.63) is 41.5 Å². The fraction of sp³-hybridized carbons (Fsp3) is 0.533. The third-order valence-corrected chi connectivity index (χ3v) is 8.20. The van der Waals surface area contributed by atoms with Crippen LogP contribution in [0.1, 0.15) is 43.2 Å². The van der Waals surface area contributed by atoms with Crippen LogP contribution < -0.4 is 29.4 Å². The molecule has 0 radical (unpaired) electrons. The van der Waals surface area contributed by atoms with Gasteiger partial charge in [-0.2, -0.15) is 0 Å². The number of para-hydroxylation sites is 1. The highest BCUT2D eigenvalue weighted by molar-refractivity contribution is 5.79. The van der Waals surface area contributed by atoms with Gasteiger partial charge in [-0.05, 0) is 48.6 Å². The van der Waals surface area contributed by atoms with Gasteiger partial charge < -0.3 is 39.4 Å². The number of unbranched alkanes of at least 4 members (excludes halogenated alkanes) is 1. The average molecular weight is 570 g/mol. The number of nitrogens with two attached hydrogens (primary N) is 1. The Balaban J connectivity index is 1.45. The van der Waals surface area contributed by atoms with Gasteiger partial charge in [0.05, 0.1) is 19.6 Å². The lowest BCUT2D eigenvalue weighted by Gasteiger charge is -2.29. The van der Waals surface area contributed by atoms with E-state index in [1.54, 1.807) is 12.0 Å². The van der Waals surface area contributed by atoms with Crippen LogP contribution in [0, 0.1) is 5.92 Å². The molecule has 1 fully saturated rings. The van der Waals surface area contributed by atoms with Gasteiger partial charge in [0, 0.05) is 38.1 Å². The maximum Gasteiger partial charge on any atom is 0.308 e. The zero-order chi connectivity index (χ0) is 28.9. The molecule has 3 N–H and O–H groups in total. The smallest absolute Gasteiger partial charge is 0.308 e. The standard InChI is InChI=1S/C30H39N3O8/c1-3-4-11-32(12-10-31)26(34)16-33-15-21(20-13-24(37-2)29-25(14-20)39-18-41-29)27(30(35)36)22(33)9-8-19-6-5-7-23-28(19)40-17-38-23/h5-7,13-14,21-22,27H,3-4,8-12,15-18,31H2,1-2H3,(H,35,36)/t21-,22+,27-/m1/s1. The van der Waals surface area contributed by atoms with E-state index in [1.807, 2.05) is 35.2 Å². The number of ether oxygens (including phenoxy) is 5. The highest BCUT2D eigenvalue weighted by Crippen LogP contribution is 2.47. The maximum absolute atomic E-state index is 13.5. The van der Waals surface area contributed by atoms with Gasteiger partial charge in [0.25, 0.3) is 0 Å². The molecule has 2 aromatic rings. The molecule has 41 heavy (non-hydrogen) atoms. The largest absolute Gasteiger partial charge is 0.493 e. The SMILES string of the molecule is CCCCN(CCN)C(=O)CN1C[C@H](c2cc(OC)c3c(c2)OCO3)[C@@H](C(=O)O)[C@@H]1CCc1cccc2c1OCO2. The average Bonchev–Trinajstić information content (AvgIpc) is 3.72. The molecular weight excluding hydrogens is 530 g/mol. The normalized spacial score (nSPS) is 20.8. The number of methoxy groups -OCH3 is 1. The molecule has 0 saturated carbocycles. The Morgan fingerprint density at radius 2 is 1.88 bits per heavy atom. The monoisotopic (exact) mass is 569 g/mol. The number of nitrogens with zero attached hydrogens (tertiary/aromatic N) is 2. The number of likely N-dealkylation sites (tertiary alicyclic amines) is 1. The molecule has 3 aliphatic heterocycles. The van der Waals surface area contributed by atoms with Gasteiger partial charge in [-0.1, -0.05) is 25.5 Å². The first kappa shape index (κ1) is 28.8. The first-order valence-corrected chi connectivity index (χ1v) is 14.2. The molecule has 3 heterocycles. The number of carboxylic acids is 1. The number of fused-ring (bicyclic) bond motifs is 2. The summed E-state index contributed by atoms with van der Waals surface area (Å²) in [6, 6.07) is 9.01. The zero-order valence-electron chi connectivity index (χ0n) is 23.7. The van der Waals surface area contributed by atoms with Gasteiger partial charge in [-0.25, -0.2) is 0 Å². The highest BCUT2D eigenvalue weighted by Gasteiger charge is 2.47. The number of hydrogen-bond acceptors (Lipinski definition) is 9. The van der Waals surface area contributed by atoms with E-state index in [9.17, 15) is 14.7 Å². The van der Waals surface area contributed by atoms with Crippen molar-refractivity contribution in [1.82, 2.24) is 9.80 Å². The minimum atomic E-state index is -0.908. The van der Waals surface area contributed by atoms with Crippen LogP contribution in [0.3, 0.4) is 0 Å². The van der Waals surface area contributed by atoms with Gasteiger partial charge in [0.2, 0.25) is 25.2 Å². The summed E-state index contributed by atoms with van der Waals surface area (Å²) in [5, 5.41) is 10.6. The molecule has 0 aliphatic carbocycles. The van der Waals surface area contributed by atoms with Crippen LogP contribution in [-0.4, -0.2) is 86.2 Å².